The number of halogens is 2. The lowest BCUT2D eigenvalue weighted by atomic mass is 10.1. The molecule has 0 spiro atoms. The van der Waals surface area contributed by atoms with Crippen LogP contribution in [0.3, 0.4) is 0 Å². The third-order valence-electron chi connectivity index (χ3n) is 6.73. The maximum atomic E-state index is 6.04. The van der Waals surface area contributed by atoms with Crippen LogP contribution in [0.2, 0.25) is 0 Å². The summed E-state index contributed by atoms with van der Waals surface area (Å²) in [7, 11) is 0. The van der Waals surface area contributed by atoms with Gasteiger partial charge in [-0.05, 0) is 86.4 Å². The average Bonchev–Trinajstić information content (AvgIpc) is 3.32. The largest absolute Gasteiger partial charge is 0.379 e. The molecule has 0 radical (unpaired) electrons. The van der Waals surface area contributed by atoms with Crippen molar-refractivity contribution < 1.29 is 0 Å². The Kier molecular flexibility index (Phi) is 6.88. The van der Waals surface area contributed by atoms with Gasteiger partial charge in [0.25, 0.3) is 0 Å². The molecule has 3 aromatic carbocycles. The molecule has 0 bridgehead atoms. The third-order valence-corrected chi connectivity index (χ3v) is 8.07. The fraction of sp³-hybridized carbons (Fsp3) is 0.172. The number of imidazole rings is 2. The Balaban J connectivity index is 1.47. The van der Waals surface area contributed by atoms with Crippen molar-refractivity contribution in [3.63, 3.8) is 0 Å². The van der Waals surface area contributed by atoms with Gasteiger partial charge in [-0.3, -0.25) is 8.97 Å². The SMILES string of the molecule is S=C(Nc1ccc(Br)cc1)n1c(-c2ccccc2)c2n3c(c(CNc4ccc(Br)cc4)nc13)CCCC2. The highest BCUT2D eigenvalue weighted by molar-refractivity contribution is 9.10. The number of hydrogen-bond donors (Lipinski definition) is 2. The summed E-state index contributed by atoms with van der Waals surface area (Å²) in [5, 5.41) is 7.63. The van der Waals surface area contributed by atoms with Crippen LogP contribution in [-0.4, -0.2) is 19.1 Å². The lowest BCUT2D eigenvalue weighted by Gasteiger charge is -2.14. The molecule has 3 heterocycles. The van der Waals surface area contributed by atoms with Crippen LogP contribution in [0.25, 0.3) is 17.0 Å². The Hall–Kier alpha value is -2.94. The number of nitrogens with zero attached hydrogens (tertiary/aromatic N) is 3. The zero-order valence-electron chi connectivity index (χ0n) is 20.0. The zero-order chi connectivity index (χ0) is 25.4. The van der Waals surface area contributed by atoms with Gasteiger partial charge in [0.2, 0.25) is 5.78 Å². The van der Waals surface area contributed by atoms with Crippen molar-refractivity contribution in [3.8, 4) is 11.3 Å². The van der Waals surface area contributed by atoms with Crippen LogP contribution in [0.4, 0.5) is 11.4 Å². The van der Waals surface area contributed by atoms with Gasteiger partial charge in [0.05, 0.1) is 23.6 Å². The van der Waals surface area contributed by atoms with Crippen molar-refractivity contribution >= 4 is 66.3 Å². The number of aryl methyl sites for hydroxylation is 2. The minimum atomic E-state index is 0.613. The molecule has 0 fully saturated rings. The average molecular weight is 635 g/mol. The Morgan fingerprint density at radius 2 is 1.43 bits per heavy atom. The minimum absolute atomic E-state index is 0.613. The van der Waals surface area contributed by atoms with Gasteiger partial charge in [-0.1, -0.05) is 62.2 Å². The monoisotopic (exact) mass is 633 g/mol. The zero-order valence-corrected chi connectivity index (χ0v) is 24.0. The van der Waals surface area contributed by atoms with Crippen molar-refractivity contribution in [2.24, 2.45) is 0 Å². The molecule has 6 rings (SSSR count). The van der Waals surface area contributed by atoms with E-state index in [9.17, 15) is 0 Å². The van der Waals surface area contributed by atoms with Gasteiger partial charge in [-0.2, -0.15) is 0 Å². The van der Waals surface area contributed by atoms with Crippen LogP contribution in [0.5, 0.6) is 0 Å². The summed E-state index contributed by atoms with van der Waals surface area (Å²) < 4.78 is 6.59. The van der Waals surface area contributed by atoms with Gasteiger partial charge < -0.3 is 10.6 Å². The fourth-order valence-corrected chi connectivity index (χ4v) is 5.84. The lowest BCUT2D eigenvalue weighted by molar-refractivity contribution is 0.747. The van der Waals surface area contributed by atoms with Crippen molar-refractivity contribution in [2.75, 3.05) is 10.6 Å². The molecule has 0 saturated carbocycles. The predicted octanol–water partition coefficient (Wildman–Crippen LogP) is 8.06. The molecule has 0 saturated heterocycles. The Morgan fingerprint density at radius 1 is 0.811 bits per heavy atom. The van der Waals surface area contributed by atoms with E-state index < -0.39 is 0 Å². The van der Waals surface area contributed by atoms with Crippen molar-refractivity contribution in [1.29, 1.82) is 0 Å². The molecule has 0 unspecified atom stereocenters. The molecule has 0 aliphatic carbocycles. The molecule has 37 heavy (non-hydrogen) atoms. The molecular weight excluding hydrogens is 610 g/mol. The van der Waals surface area contributed by atoms with Gasteiger partial charge >= 0.3 is 0 Å². The van der Waals surface area contributed by atoms with Gasteiger partial charge in [0.15, 0.2) is 5.11 Å². The molecule has 186 valence electrons. The molecule has 1 aliphatic rings. The van der Waals surface area contributed by atoms with Crippen molar-refractivity contribution in [2.45, 2.75) is 32.2 Å². The smallest absolute Gasteiger partial charge is 0.221 e. The van der Waals surface area contributed by atoms with E-state index in [1.807, 2.05) is 36.4 Å². The molecule has 8 heteroatoms. The van der Waals surface area contributed by atoms with Crippen LogP contribution in [-0.2, 0) is 19.4 Å². The minimum Gasteiger partial charge on any atom is -0.379 e. The Morgan fingerprint density at radius 3 is 2.11 bits per heavy atom. The van der Waals surface area contributed by atoms with Crippen LogP contribution < -0.4 is 10.6 Å². The quantitative estimate of drug-likeness (QED) is 0.192. The van der Waals surface area contributed by atoms with Crippen LogP contribution in [0.15, 0.2) is 87.8 Å². The summed E-state index contributed by atoms with van der Waals surface area (Å²) in [5.41, 5.74) is 7.89. The van der Waals surface area contributed by atoms with E-state index in [-0.39, 0.29) is 0 Å². The first kappa shape index (κ1) is 24.4. The van der Waals surface area contributed by atoms with E-state index in [4.69, 9.17) is 17.2 Å². The molecular formula is C29H25Br2N5S. The number of nitrogens with one attached hydrogen (secondary N) is 2. The Bertz CT molecular complexity index is 1570. The Labute approximate surface area is 238 Å². The first-order chi connectivity index (χ1) is 18.1. The van der Waals surface area contributed by atoms with Crippen LogP contribution in [0.1, 0.15) is 29.9 Å². The summed E-state index contributed by atoms with van der Waals surface area (Å²) in [5.74, 6) is 0.868. The van der Waals surface area contributed by atoms with Gasteiger partial charge in [-0.15, -0.1) is 0 Å². The summed E-state index contributed by atoms with van der Waals surface area (Å²) in [6.07, 6.45) is 4.25. The van der Waals surface area contributed by atoms with Crippen molar-refractivity contribution in [3.05, 3.63) is 105 Å². The summed E-state index contributed by atoms with van der Waals surface area (Å²) in [4.78, 5) is 5.20. The molecule has 5 nitrogen and oxygen atoms in total. The highest BCUT2D eigenvalue weighted by atomic mass is 79.9. The topological polar surface area (TPSA) is 46.3 Å². The second-order valence-corrected chi connectivity index (χ2v) is 11.4. The van der Waals surface area contributed by atoms with Gasteiger partial charge in [0.1, 0.15) is 0 Å². The third kappa shape index (κ3) is 4.85. The van der Waals surface area contributed by atoms with E-state index in [1.54, 1.807) is 0 Å². The van der Waals surface area contributed by atoms with Gasteiger partial charge in [0, 0.05) is 31.6 Å². The molecule has 1 aliphatic heterocycles. The normalized spacial score (nSPS) is 12.9. The number of rotatable bonds is 5. The number of benzene rings is 3. The molecule has 5 aromatic rings. The lowest BCUT2D eigenvalue weighted by Crippen LogP contribution is -2.20. The number of thiocarbonyl (C=S) groups is 1. The predicted molar refractivity (Wildman–Crippen MR) is 162 cm³/mol. The van der Waals surface area contributed by atoms with E-state index in [1.165, 1.54) is 11.4 Å². The van der Waals surface area contributed by atoms with Crippen LogP contribution in [0, 0.1) is 0 Å². The summed E-state index contributed by atoms with van der Waals surface area (Å²) in [6, 6.07) is 26.8. The summed E-state index contributed by atoms with van der Waals surface area (Å²) >= 11 is 13.1. The maximum absolute atomic E-state index is 6.04. The second kappa shape index (κ2) is 10.4. The van der Waals surface area contributed by atoms with Gasteiger partial charge in [-0.25, -0.2) is 4.98 Å². The number of anilines is 2. The highest BCUT2D eigenvalue weighted by Gasteiger charge is 2.28. The maximum Gasteiger partial charge on any atom is 0.221 e. The van der Waals surface area contributed by atoms with E-state index in [0.717, 1.165) is 68.7 Å². The van der Waals surface area contributed by atoms with Crippen LogP contribution >= 0.6 is 44.1 Å². The molecule has 2 N–H and O–H groups in total. The molecule has 0 amide bonds. The van der Waals surface area contributed by atoms with Crippen molar-refractivity contribution in [1.82, 2.24) is 14.0 Å². The second-order valence-electron chi connectivity index (χ2n) is 9.14. The number of hydrogen-bond acceptors (Lipinski definition) is 3. The van der Waals surface area contributed by atoms with E-state index >= 15 is 0 Å². The molecule has 2 aromatic heterocycles. The fourth-order valence-electron chi connectivity index (χ4n) is 5.02. The number of aromatic nitrogens is 3. The standard InChI is InChI=1S/C29H25Br2N5S/c30-20-10-14-22(15-11-20)32-18-24-25-8-4-5-9-26-27(19-6-2-1-3-7-19)36(28(34-24)35(25)26)29(37)33-23-16-12-21(31)13-17-23/h1-3,6-7,10-17,32H,4-5,8-9,18H2,(H,33,37). The summed E-state index contributed by atoms with van der Waals surface area (Å²) in [6.45, 7) is 0.658. The van der Waals surface area contributed by atoms with E-state index in [0.29, 0.717) is 11.7 Å². The first-order valence-corrected chi connectivity index (χ1v) is 14.3. The highest BCUT2D eigenvalue weighted by Crippen LogP contribution is 2.34. The first-order valence-electron chi connectivity index (χ1n) is 12.3. The molecule has 0 atom stereocenters. The van der Waals surface area contributed by atoms with E-state index in [2.05, 4.69) is 93.9 Å².